The summed E-state index contributed by atoms with van der Waals surface area (Å²) in [7, 11) is 0. The fraction of sp³-hybridized carbons (Fsp3) is 0.143. The first kappa shape index (κ1) is 12.1. The quantitative estimate of drug-likeness (QED) is 0.612. The van der Waals surface area contributed by atoms with Gasteiger partial charge in [-0.05, 0) is 31.2 Å². The van der Waals surface area contributed by atoms with Gasteiger partial charge < -0.3 is 9.15 Å². The average Bonchev–Trinajstić information content (AvgIpc) is 2.90. The molecule has 4 heteroatoms. The molecule has 18 heavy (non-hydrogen) atoms. The fourth-order valence-electron chi connectivity index (χ4n) is 1.49. The average molecular weight is 243 g/mol. The van der Waals surface area contributed by atoms with Crippen LogP contribution in [0.15, 0.2) is 47.4 Å². The minimum absolute atomic E-state index is 0.328. The van der Waals surface area contributed by atoms with Crippen LogP contribution in [0.2, 0.25) is 0 Å². The second-order valence-corrected chi connectivity index (χ2v) is 3.55. The normalized spacial score (nSPS) is 11.3. The van der Waals surface area contributed by atoms with Crippen molar-refractivity contribution in [1.82, 2.24) is 4.98 Å². The van der Waals surface area contributed by atoms with E-state index in [0.717, 1.165) is 5.56 Å². The van der Waals surface area contributed by atoms with Crippen molar-refractivity contribution in [2.45, 2.75) is 6.92 Å². The molecule has 0 aromatic carbocycles. The highest BCUT2D eigenvalue weighted by molar-refractivity contribution is 6.20. The van der Waals surface area contributed by atoms with Gasteiger partial charge in [0, 0.05) is 11.8 Å². The van der Waals surface area contributed by atoms with Crippen LogP contribution in [0.3, 0.4) is 0 Å². The summed E-state index contributed by atoms with van der Waals surface area (Å²) in [6.07, 6.45) is 6.44. The molecule has 0 spiro atoms. The number of carbonyl (C=O) groups is 1. The largest absolute Gasteiger partial charge is 0.472 e. The molecule has 92 valence electrons. The van der Waals surface area contributed by atoms with Crippen molar-refractivity contribution in [3.8, 4) is 0 Å². The number of hydrogen-bond donors (Lipinski definition) is 0. The Morgan fingerprint density at radius 1 is 1.44 bits per heavy atom. The van der Waals surface area contributed by atoms with Gasteiger partial charge in [0.1, 0.15) is 0 Å². The molecule has 0 N–H and O–H groups in total. The summed E-state index contributed by atoms with van der Waals surface area (Å²) < 4.78 is 10.0. The van der Waals surface area contributed by atoms with Gasteiger partial charge >= 0.3 is 5.97 Å². The van der Waals surface area contributed by atoms with Crippen LogP contribution >= 0.6 is 0 Å². The number of aromatic nitrogens is 1. The van der Waals surface area contributed by atoms with E-state index in [2.05, 4.69) is 4.98 Å². The molecule has 0 unspecified atom stereocenters. The zero-order valence-corrected chi connectivity index (χ0v) is 10.00. The second-order valence-electron chi connectivity index (χ2n) is 3.55. The van der Waals surface area contributed by atoms with Crippen molar-refractivity contribution in [3.05, 3.63) is 54.2 Å². The Hall–Kier alpha value is -2.36. The summed E-state index contributed by atoms with van der Waals surface area (Å²) in [5, 5.41) is 0. The topological polar surface area (TPSA) is 52.3 Å². The van der Waals surface area contributed by atoms with Gasteiger partial charge in [0.05, 0.1) is 30.4 Å². The highest BCUT2D eigenvalue weighted by atomic mass is 16.5. The smallest absolute Gasteiger partial charge is 0.340 e. The van der Waals surface area contributed by atoms with E-state index >= 15 is 0 Å². The Bertz CT molecular complexity index is 529. The number of nitrogens with zero attached hydrogens (tertiary/aromatic N) is 1. The molecule has 2 aromatic heterocycles. The van der Waals surface area contributed by atoms with Gasteiger partial charge in [-0.2, -0.15) is 0 Å². The van der Waals surface area contributed by atoms with Gasteiger partial charge in [-0.3, -0.25) is 4.98 Å². The van der Waals surface area contributed by atoms with Crippen LogP contribution in [0.25, 0.3) is 11.6 Å². The van der Waals surface area contributed by atoms with Gasteiger partial charge in [0.2, 0.25) is 0 Å². The monoisotopic (exact) mass is 243 g/mol. The number of hydrogen-bond acceptors (Lipinski definition) is 4. The van der Waals surface area contributed by atoms with Crippen LogP contribution in [0.1, 0.15) is 18.2 Å². The lowest BCUT2D eigenvalue weighted by atomic mass is 10.1. The lowest BCUT2D eigenvalue weighted by Gasteiger charge is -2.05. The van der Waals surface area contributed by atoms with Crippen LogP contribution < -0.4 is 0 Å². The van der Waals surface area contributed by atoms with Crippen molar-refractivity contribution < 1.29 is 13.9 Å². The Labute approximate surface area is 105 Å². The van der Waals surface area contributed by atoms with E-state index in [-0.39, 0.29) is 0 Å². The molecule has 0 aliphatic carbocycles. The zero-order chi connectivity index (χ0) is 12.8. The van der Waals surface area contributed by atoms with E-state index in [1.54, 1.807) is 49.9 Å². The lowest BCUT2D eigenvalue weighted by molar-refractivity contribution is -0.136. The summed E-state index contributed by atoms with van der Waals surface area (Å²) in [4.78, 5) is 16.1. The molecule has 2 rings (SSSR count). The van der Waals surface area contributed by atoms with Gasteiger partial charge in [0.15, 0.2) is 0 Å². The predicted molar refractivity (Wildman–Crippen MR) is 67.4 cm³/mol. The van der Waals surface area contributed by atoms with E-state index in [4.69, 9.17) is 9.15 Å². The van der Waals surface area contributed by atoms with Crippen LogP contribution in [-0.4, -0.2) is 17.6 Å². The second kappa shape index (κ2) is 5.82. The number of pyridine rings is 1. The van der Waals surface area contributed by atoms with Crippen LogP contribution in [0, 0.1) is 0 Å². The number of rotatable bonds is 4. The molecule has 2 heterocycles. The molecule has 0 aliphatic rings. The number of ether oxygens (including phenoxy) is 1. The third-order valence-corrected chi connectivity index (χ3v) is 2.29. The van der Waals surface area contributed by atoms with Crippen molar-refractivity contribution in [1.29, 1.82) is 0 Å². The molecule has 0 atom stereocenters. The van der Waals surface area contributed by atoms with Crippen molar-refractivity contribution >= 4 is 17.6 Å². The number of carbonyl (C=O) groups excluding carboxylic acids is 1. The van der Waals surface area contributed by atoms with Crippen molar-refractivity contribution in [2.24, 2.45) is 0 Å². The molecular formula is C14H13NO3. The molecule has 0 aliphatic heterocycles. The first-order valence-corrected chi connectivity index (χ1v) is 5.63. The Morgan fingerprint density at radius 3 is 2.94 bits per heavy atom. The van der Waals surface area contributed by atoms with E-state index in [1.807, 2.05) is 6.07 Å². The Balaban J connectivity index is 2.38. The maximum absolute atomic E-state index is 11.9. The third-order valence-electron chi connectivity index (χ3n) is 2.29. The molecule has 0 saturated heterocycles. The van der Waals surface area contributed by atoms with Crippen molar-refractivity contribution in [2.75, 3.05) is 6.61 Å². The first-order chi connectivity index (χ1) is 8.81. The zero-order valence-electron chi connectivity index (χ0n) is 10.00. The maximum atomic E-state index is 11.9. The molecule has 0 amide bonds. The first-order valence-electron chi connectivity index (χ1n) is 5.63. The summed E-state index contributed by atoms with van der Waals surface area (Å²) in [5.41, 5.74) is 1.79. The van der Waals surface area contributed by atoms with Gasteiger partial charge in [-0.25, -0.2) is 4.79 Å². The van der Waals surface area contributed by atoms with Crippen LogP contribution in [0.4, 0.5) is 0 Å². The summed E-state index contributed by atoms with van der Waals surface area (Å²) in [6.45, 7) is 2.10. The minimum atomic E-state index is -0.391. The Morgan fingerprint density at radius 2 is 2.33 bits per heavy atom. The van der Waals surface area contributed by atoms with E-state index in [0.29, 0.717) is 17.9 Å². The van der Waals surface area contributed by atoms with Crippen molar-refractivity contribution in [3.63, 3.8) is 0 Å². The third kappa shape index (κ3) is 2.85. The fourth-order valence-corrected chi connectivity index (χ4v) is 1.49. The maximum Gasteiger partial charge on any atom is 0.340 e. The minimum Gasteiger partial charge on any atom is -0.472 e. The number of furan rings is 1. The number of esters is 1. The van der Waals surface area contributed by atoms with Crippen LogP contribution in [0.5, 0.6) is 0 Å². The van der Waals surface area contributed by atoms with Gasteiger partial charge in [0.25, 0.3) is 0 Å². The Kier molecular flexibility index (Phi) is 3.91. The highest BCUT2D eigenvalue weighted by Gasteiger charge is 2.14. The van der Waals surface area contributed by atoms with E-state index in [9.17, 15) is 4.79 Å². The molecule has 0 bridgehead atoms. The SMILES string of the molecule is CCOC(=O)/C(=C/c1ccoc1)c1ccccn1. The van der Waals surface area contributed by atoms with Gasteiger partial charge in [-0.15, -0.1) is 0 Å². The molecular weight excluding hydrogens is 230 g/mol. The summed E-state index contributed by atoms with van der Waals surface area (Å²) in [5.74, 6) is -0.391. The molecule has 2 aromatic rings. The lowest BCUT2D eigenvalue weighted by Crippen LogP contribution is -2.07. The van der Waals surface area contributed by atoms with Gasteiger partial charge in [-0.1, -0.05) is 6.07 Å². The summed E-state index contributed by atoms with van der Waals surface area (Å²) in [6, 6.07) is 7.15. The standard InChI is InChI=1S/C14H13NO3/c1-2-18-14(16)12(9-11-6-8-17-10-11)13-5-3-4-7-15-13/h3-10H,2H2,1H3/b12-9+. The predicted octanol–water partition coefficient (Wildman–Crippen LogP) is 2.78. The van der Waals surface area contributed by atoms with E-state index in [1.165, 1.54) is 0 Å². The molecule has 0 radical (unpaired) electrons. The summed E-state index contributed by atoms with van der Waals surface area (Å²) >= 11 is 0. The van der Waals surface area contributed by atoms with Crippen LogP contribution in [-0.2, 0) is 9.53 Å². The van der Waals surface area contributed by atoms with E-state index < -0.39 is 5.97 Å². The molecule has 0 fully saturated rings. The highest BCUT2D eigenvalue weighted by Crippen LogP contribution is 2.18. The molecule has 4 nitrogen and oxygen atoms in total. The molecule has 0 saturated carbocycles.